The Hall–Kier alpha value is -2.69. The molecule has 5 nitrogen and oxygen atoms in total. The van der Waals surface area contributed by atoms with Crippen LogP contribution in [0.5, 0.6) is 11.5 Å². The normalized spacial score (nSPS) is 12.8. The minimum absolute atomic E-state index is 0.275. The van der Waals surface area contributed by atoms with Gasteiger partial charge >= 0.3 is 0 Å². The first kappa shape index (κ1) is 11.2. The molecule has 100 valence electrons. The summed E-state index contributed by atoms with van der Waals surface area (Å²) in [5, 5.41) is 5.40. The molecule has 1 aliphatic heterocycles. The molecule has 4 rings (SSSR count). The van der Waals surface area contributed by atoms with Crippen LogP contribution in [0.4, 0.5) is 5.82 Å². The van der Waals surface area contributed by atoms with Gasteiger partial charge in [0.25, 0.3) is 0 Å². The molecular weight excluding hydrogens is 256 g/mol. The second-order valence-electron chi connectivity index (χ2n) is 4.57. The third-order valence-electron chi connectivity index (χ3n) is 3.30. The van der Waals surface area contributed by atoms with Crippen molar-refractivity contribution in [3.63, 3.8) is 0 Å². The van der Waals surface area contributed by atoms with E-state index < -0.39 is 0 Å². The molecule has 0 saturated heterocycles. The maximum absolute atomic E-state index is 5.42. The van der Waals surface area contributed by atoms with Crippen LogP contribution in [-0.4, -0.2) is 11.8 Å². The number of fused-ring (bicyclic) bond motifs is 2. The quantitative estimate of drug-likeness (QED) is 0.790. The zero-order valence-corrected chi connectivity index (χ0v) is 10.6. The van der Waals surface area contributed by atoms with Gasteiger partial charge in [-0.05, 0) is 29.7 Å². The maximum Gasteiger partial charge on any atom is 0.231 e. The van der Waals surface area contributed by atoms with E-state index in [1.165, 1.54) is 0 Å². The number of aromatic nitrogens is 1. The first-order valence-corrected chi connectivity index (χ1v) is 6.33. The van der Waals surface area contributed by atoms with E-state index in [4.69, 9.17) is 13.9 Å². The number of nitrogens with zero attached hydrogens (tertiary/aromatic N) is 1. The zero-order valence-electron chi connectivity index (χ0n) is 10.6. The summed E-state index contributed by atoms with van der Waals surface area (Å²) in [5.41, 5.74) is 1.07. The van der Waals surface area contributed by atoms with Crippen LogP contribution in [0.1, 0.15) is 5.56 Å². The second kappa shape index (κ2) is 4.45. The van der Waals surface area contributed by atoms with E-state index in [-0.39, 0.29) is 6.79 Å². The summed E-state index contributed by atoms with van der Waals surface area (Å²) >= 11 is 0. The number of furan rings is 1. The second-order valence-corrected chi connectivity index (χ2v) is 4.57. The third kappa shape index (κ3) is 1.84. The Bertz CT molecular complexity index is 753. The van der Waals surface area contributed by atoms with Gasteiger partial charge in [-0.1, -0.05) is 0 Å². The lowest BCUT2D eigenvalue weighted by Gasteiger charge is -2.08. The van der Waals surface area contributed by atoms with Gasteiger partial charge in [-0.15, -0.1) is 0 Å². The highest BCUT2D eigenvalue weighted by Gasteiger charge is 2.15. The van der Waals surface area contributed by atoms with E-state index >= 15 is 0 Å². The highest BCUT2D eigenvalue weighted by atomic mass is 16.7. The van der Waals surface area contributed by atoms with Gasteiger partial charge in [0.15, 0.2) is 11.5 Å². The SMILES string of the molecule is c1cc2cc3c(cc2c(NCc2ccoc2)n1)OCO3. The van der Waals surface area contributed by atoms with Gasteiger partial charge in [-0.2, -0.15) is 0 Å². The summed E-state index contributed by atoms with van der Waals surface area (Å²) in [7, 11) is 0. The third-order valence-corrected chi connectivity index (χ3v) is 3.30. The van der Waals surface area contributed by atoms with Crippen LogP contribution in [0.25, 0.3) is 10.8 Å². The minimum atomic E-state index is 0.275. The highest BCUT2D eigenvalue weighted by molar-refractivity contribution is 5.94. The van der Waals surface area contributed by atoms with Gasteiger partial charge in [0.2, 0.25) is 6.79 Å². The van der Waals surface area contributed by atoms with Gasteiger partial charge < -0.3 is 19.2 Å². The fourth-order valence-corrected chi connectivity index (χ4v) is 2.28. The molecule has 1 N–H and O–H groups in total. The summed E-state index contributed by atoms with van der Waals surface area (Å²) < 4.78 is 15.9. The van der Waals surface area contributed by atoms with Crippen LogP contribution in [0, 0.1) is 0 Å². The fraction of sp³-hybridized carbons (Fsp3) is 0.133. The molecule has 5 heteroatoms. The standard InChI is InChI=1S/C15H12N2O3/c1-3-16-15(17-7-10-2-4-18-8-10)12-6-14-13(5-11(1)12)19-9-20-14/h1-6,8H,7,9H2,(H,16,17). The van der Waals surface area contributed by atoms with Crippen LogP contribution in [-0.2, 0) is 6.54 Å². The zero-order chi connectivity index (χ0) is 13.4. The molecule has 0 atom stereocenters. The van der Waals surface area contributed by atoms with E-state index in [1.54, 1.807) is 18.7 Å². The first-order chi connectivity index (χ1) is 9.90. The summed E-state index contributed by atoms with van der Waals surface area (Å²) in [6, 6.07) is 7.82. The Kier molecular flexibility index (Phi) is 2.48. The molecule has 0 aliphatic carbocycles. The molecule has 0 radical (unpaired) electrons. The van der Waals surface area contributed by atoms with Gasteiger partial charge in [0.1, 0.15) is 5.82 Å². The van der Waals surface area contributed by atoms with Crippen molar-refractivity contribution < 1.29 is 13.9 Å². The predicted molar refractivity (Wildman–Crippen MR) is 73.9 cm³/mol. The van der Waals surface area contributed by atoms with Crippen molar-refractivity contribution in [1.82, 2.24) is 4.98 Å². The van der Waals surface area contributed by atoms with Crippen LogP contribution in [0.2, 0.25) is 0 Å². The molecule has 0 spiro atoms. The number of nitrogens with one attached hydrogen (secondary N) is 1. The Morgan fingerprint density at radius 2 is 2.05 bits per heavy atom. The van der Waals surface area contributed by atoms with Gasteiger partial charge in [0, 0.05) is 23.7 Å². The van der Waals surface area contributed by atoms with Crippen molar-refractivity contribution in [1.29, 1.82) is 0 Å². The van der Waals surface area contributed by atoms with E-state index in [0.29, 0.717) is 6.54 Å². The average Bonchev–Trinajstić information content (AvgIpc) is 3.13. The van der Waals surface area contributed by atoms with Crippen LogP contribution >= 0.6 is 0 Å². The monoisotopic (exact) mass is 268 g/mol. The Morgan fingerprint density at radius 3 is 2.90 bits per heavy atom. The van der Waals surface area contributed by atoms with Gasteiger partial charge in [-0.25, -0.2) is 4.98 Å². The predicted octanol–water partition coefficient (Wildman–Crippen LogP) is 3.17. The molecular formula is C15H12N2O3. The topological polar surface area (TPSA) is 56.5 Å². The van der Waals surface area contributed by atoms with Crippen molar-refractivity contribution in [2.75, 3.05) is 12.1 Å². The molecule has 3 aromatic rings. The minimum Gasteiger partial charge on any atom is -0.472 e. The Labute approximate surface area is 115 Å². The molecule has 0 saturated carbocycles. The lowest BCUT2D eigenvalue weighted by atomic mass is 10.1. The highest BCUT2D eigenvalue weighted by Crippen LogP contribution is 2.37. The van der Waals surface area contributed by atoms with Crippen molar-refractivity contribution in [3.8, 4) is 11.5 Å². The van der Waals surface area contributed by atoms with Gasteiger partial charge in [0.05, 0.1) is 12.5 Å². The largest absolute Gasteiger partial charge is 0.472 e. The summed E-state index contributed by atoms with van der Waals surface area (Å²) in [5.74, 6) is 2.36. The summed E-state index contributed by atoms with van der Waals surface area (Å²) in [4.78, 5) is 4.39. The van der Waals surface area contributed by atoms with Crippen LogP contribution < -0.4 is 14.8 Å². The van der Waals surface area contributed by atoms with Crippen molar-refractivity contribution in [3.05, 3.63) is 48.6 Å². The first-order valence-electron chi connectivity index (χ1n) is 6.33. The molecule has 0 fully saturated rings. The number of hydrogen-bond donors (Lipinski definition) is 1. The maximum atomic E-state index is 5.42. The van der Waals surface area contributed by atoms with E-state index in [2.05, 4.69) is 10.3 Å². The smallest absolute Gasteiger partial charge is 0.231 e. The molecule has 0 amide bonds. The molecule has 1 aromatic carbocycles. The number of hydrogen-bond acceptors (Lipinski definition) is 5. The molecule has 2 aromatic heterocycles. The van der Waals surface area contributed by atoms with Crippen molar-refractivity contribution in [2.24, 2.45) is 0 Å². The summed E-state index contributed by atoms with van der Waals surface area (Å²) in [6.07, 6.45) is 5.15. The number of benzene rings is 1. The van der Waals surface area contributed by atoms with Gasteiger partial charge in [-0.3, -0.25) is 0 Å². The van der Waals surface area contributed by atoms with Crippen molar-refractivity contribution in [2.45, 2.75) is 6.54 Å². The molecule has 1 aliphatic rings. The lowest BCUT2D eigenvalue weighted by molar-refractivity contribution is 0.174. The number of pyridine rings is 1. The van der Waals surface area contributed by atoms with E-state index in [0.717, 1.165) is 33.7 Å². The Morgan fingerprint density at radius 1 is 1.15 bits per heavy atom. The lowest BCUT2D eigenvalue weighted by Crippen LogP contribution is -2.00. The van der Waals surface area contributed by atoms with E-state index in [1.807, 2.05) is 24.3 Å². The van der Waals surface area contributed by atoms with Crippen LogP contribution in [0.3, 0.4) is 0 Å². The average molecular weight is 268 g/mol. The molecule has 0 bridgehead atoms. The molecule has 0 unspecified atom stereocenters. The van der Waals surface area contributed by atoms with Crippen LogP contribution in [0.15, 0.2) is 47.4 Å². The summed E-state index contributed by atoms with van der Waals surface area (Å²) in [6.45, 7) is 0.938. The van der Waals surface area contributed by atoms with Crippen molar-refractivity contribution >= 4 is 16.6 Å². The molecule has 20 heavy (non-hydrogen) atoms. The molecule has 3 heterocycles. The fourth-order valence-electron chi connectivity index (χ4n) is 2.28. The number of anilines is 1. The Balaban J connectivity index is 1.71. The van der Waals surface area contributed by atoms with E-state index in [9.17, 15) is 0 Å². The number of rotatable bonds is 3. The number of ether oxygens (including phenoxy) is 2.